The number of rotatable bonds is 7. The van der Waals surface area contributed by atoms with E-state index >= 15 is 0 Å². The van der Waals surface area contributed by atoms with Crippen LogP contribution in [0.15, 0.2) is 59.9 Å². The molecule has 0 amide bonds. The molecule has 2 aromatic carbocycles. The van der Waals surface area contributed by atoms with Crippen molar-refractivity contribution in [3.8, 4) is 6.01 Å². The number of benzene rings is 2. The van der Waals surface area contributed by atoms with Crippen LogP contribution in [0, 0.1) is 11.6 Å². The Balaban J connectivity index is 1.58. The lowest BCUT2D eigenvalue weighted by molar-refractivity contribution is 0.313. The lowest BCUT2D eigenvalue weighted by atomic mass is 10.2. The first-order chi connectivity index (χ1) is 13.1. The molecule has 3 rings (SSSR count). The van der Waals surface area contributed by atoms with Crippen molar-refractivity contribution in [2.75, 3.05) is 5.32 Å². The molecule has 1 N–H and O–H groups in total. The Morgan fingerprint density at radius 1 is 1.07 bits per heavy atom. The molecule has 5 nitrogen and oxygen atoms in total. The van der Waals surface area contributed by atoms with Gasteiger partial charge in [0.15, 0.2) is 11.6 Å². The summed E-state index contributed by atoms with van der Waals surface area (Å²) in [6.07, 6.45) is 3.01. The molecule has 1 heterocycles. The molecule has 8 heteroatoms. The van der Waals surface area contributed by atoms with E-state index in [9.17, 15) is 8.78 Å². The Bertz CT molecular complexity index is 935. The van der Waals surface area contributed by atoms with Crippen LogP contribution in [0.3, 0.4) is 0 Å². The lowest BCUT2D eigenvalue weighted by Gasteiger charge is -2.07. The van der Waals surface area contributed by atoms with E-state index in [2.05, 4.69) is 20.4 Å². The van der Waals surface area contributed by atoms with E-state index in [4.69, 9.17) is 16.4 Å². The highest BCUT2D eigenvalue weighted by Crippen LogP contribution is 2.16. The minimum absolute atomic E-state index is 0.0693. The normalized spacial score (nSPS) is 10.9. The maximum atomic E-state index is 13.8. The van der Waals surface area contributed by atoms with E-state index in [1.807, 2.05) is 12.1 Å². The van der Waals surface area contributed by atoms with E-state index in [-0.39, 0.29) is 24.2 Å². The van der Waals surface area contributed by atoms with E-state index in [1.165, 1.54) is 12.3 Å². The first-order valence-electron chi connectivity index (χ1n) is 8.05. The van der Waals surface area contributed by atoms with Crippen molar-refractivity contribution in [1.29, 1.82) is 0 Å². The maximum Gasteiger partial charge on any atom is 0.347 e. The van der Waals surface area contributed by atoms with Gasteiger partial charge in [-0.25, -0.2) is 8.78 Å². The van der Waals surface area contributed by atoms with Gasteiger partial charge in [-0.1, -0.05) is 47.1 Å². The molecule has 0 saturated heterocycles. The number of halogens is 3. The monoisotopic (exact) mass is 388 g/mol. The minimum Gasteiger partial charge on any atom is -0.363 e. The molecular weight excluding hydrogens is 374 g/mol. The van der Waals surface area contributed by atoms with Crippen LogP contribution in [0.1, 0.15) is 11.1 Å². The van der Waals surface area contributed by atoms with Crippen molar-refractivity contribution in [3.05, 3.63) is 82.5 Å². The van der Waals surface area contributed by atoms with E-state index in [0.717, 1.165) is 11.8 Å². The lowest BCUT2D eigenvalue weighted by Crippen LogP contribution is -2.06. The molecule has 0 saturated carbocycles. The second kappa shape index (κ2) is 9.05. The van der Waals surface area contributed by atoms with E-state index < -0.39 is 5.82 Å². The molecule has 138 valence electrons. The fourth-order valence-electron chi connectivity index (χ4n) is 2.19. The van der Waals surface area contributed by atoms with Crippen molar-refractivity contribution in [3.63, 3.8) is 0 Å². The van der Waals surface area contributed by atoms with Gasteiger partial charge in [-0.15, -0.1) is 0 Å². The Labute approximate surface area is 159 Å². The summed E-state index contributed by atoms with van der Waals surface area (Å²) < 4.78 is 27.5. The molecule has 1 aromatic heterocycles. The zero-order valence-corrected chi connectivity index (χ0v) is 14.8. The number of hydrogen-bond donors (Lipinski definition) is 1. The first-order valence-corrected chi connectivity index (χ1v) is 8.43. The molecule has 3 aromatic rings. The standard InChI is InChI=1S/C19H15ClF2N4O/c20-15-7-5-13(6-8-15)9-10-25-27-19-24-12-17(22)18(26-19)23-11-14-3-1-2-4-16(14)21/h1-8,10,12H,9,11H2,(H,23,24,26)/b25-10+. The van der Waals surface area contributed by atoms with Gasteiger partial charge in [0.05, 0.1) is 6.20 Å². The van der Waals surface area contributed by atoms with Crippen LogP contribution in [-0.4, -0.2) is 16.2 Å². The molecule has 0 aliphatic heterocycles. The van der Waals surface area contributed by atoms with Crippen LogP contribution in [0.4, 0.5) is 14.6 Å². The second-order valence-corrected chi connectivity index (χ2v) is 5.94. The van der Waals surface area contributed by atoms with Gasteiger partial charge in [-0.05, 0) is 23.8 Å². The number of aromatic nitrogens is 2. The molecule has 0 aliphatic rings. The van der Waals surface area contributed by atoms with Gasteiger partial charge in [-0.3, -0.25) is 0 Å². The Morgan fingerprint density at radius 3 is 2.63 bits per heavy atom. The average molecular weight is 389 g/mol. The summed E-state index contributed by atoms with van der Waals surface area (Å²) in [5.41, 5.74) is 1.39. The van der Waals surface area contributed by atoms with Crippen LogP contribution in [0.2, 0.25) is 5.02 Å². The third-order valence-corrected chi connectivity index (χ3v) is 3.83. The number of nitrogens with zero attached hydrogens (tertiary/aromatic N) is 3. The van der Waals surface area contributed by atoms with Crippen LogP contribution in [-0.2, 0) is 13.0 Å². The van der Waals surface area contributed by atoms with Gasteiger partial charge >= 0.3 is 6.01 Å². The maximum absolute atomic E-state index is 13.8. The molecule has 0 fully saturated rings. The predicted molar refractivity (Wildman–Crippen MR) is 100.0 cm³/mol. The summed E-state index contributed by atoms with van der Waals surface area (Å²) >= 11 is 5.82. The molecule has 27 heavy (non-hydrogen) atoms. The zero-order valence-electron chi connectivity index (χ0n) is 14.1. The predicted octanol–water partition coefficient (Wildman–Crippen LogP) is 4.63. The van der Waals surface area contributed by atoms with Gasteiger partial charge in [-0.2, -0.15) is 9.97 Å². The summed E-state index contributed by atoms with van der Waals surface area (Å²) in [4.78, 5) is 12.7. The van der Waals surface area contributed by atoms with Gasteiger partial charge < -0.3 is 10.2 Å². The zero-order chi connectivity index (χ0) is 19.1. The number of nitrogens with one attached hydrogen (secondary N) is 1. The quantitative estimate of drug-likeness (QED) is 0.473. The number of hydrogen-bond acceptors (Lipinski definition) is 5. The Kier molecular flexibility index (Phi) is 6.27. The highest BCUT2D eigenvalue weighted by Gasteiger charge is 2.09. The number of anilines is 1. The molecule has 0 unspecified atom stereocenters. The van der Waals surface area contributed by atoms with Gasteiger partial charge in [0.2, 0.25) is 0 Å². The molecule has 0 radical (unpaired) electrons. The summed E-state index contributed by atoms with van der Waals surface area (Å²) in [5.74, 6) is -1.16. The van der Waals surface area contributed by atoms with Crippen molar-refractivity contribution in [2.45, 2.75) is 13.0 Å². The summed E-state index contributed by atoms with van der Waals surface area (Å²) in [7, 11) is 0. The second-order valence-electron chi connectivity index (χ2n) is 5.50. The highest BCUT2D eigenvalue weighted by atomic mass is 35.5. The summed E-state index contributed by atoms with van der Waals surface area (Å²) in [5, 5.41) is 7.15. The molecule has 0 spiro atoms. The van der Waals surface area contributed by atoms with Gasteiger partial charge in [0, 0.05) is 29.8 Å². The van der Waals surface area contributed by atoms with Crippen LogP contribution < -0.4 is 10.2 Å². The van der Waals surface area contributed by atoms with Crippen molar-refractivity contribution in [2.24, 2.45) is 5.16 Å². The Morgan fingerprint density at radius 2 is 1.85 bits per heavy atom. The smallest absolute Gasteiger partial charge is 0.347 e. The van der Waals surface area contributed by atoms with Crippen LogP contribution >= 0.6 is 11.6 Å². The van der Waals surface area contributed by atoms with Crippen molar-refractivity contribution >= 4 is 23.6 Å². The first kappa shape index (κ1) is 18.7. The molecule has 0 bridgehead atoms. The Hall–Kier alpha value is -3.06. The van der Waals surface area contributed by atoms with E-state index in [1.54, 1.807) is 30.3 Å². The third kappa shape index (κ3) is 5.46. The summed E-state index contributed by atoms with van der Waals surface area (Å²) in [6.45, 7) is 0.0693. The molecule has 0 aliphatic carbocycles. The van der Waals surface area contributed by atoms with Gasteiger partial charge in [0.1, 0.15) is 5.82 Å². The fourth-order valence-corrected chi connectivity index (χ4v) is 2.31. The van der Waals surface area contributed by atoms with Gasteiger partial charge in [0.25, 0.3) is 0 Å². The average Bonchev–Trinajstić information content (AvgIpc) is 2.68. The number of oxime groups is 1. The minimum atomic E-state index is -0.677. The van der Waals surface area contributed by atoms with Crippen molar-refractivity contribution < 1.29 is 13.6 Å². The topological polar surface area (TPSA) is 59.4 Å². The molecule has 0 atom stereocenters. The molecular formula is C19H15ClF2N4O. The summed E-state index contributed by atoms with van der Waals surface area (Å²) in [6, 6.07) is 13.4. The fraction of sp³-hybridized carbons (Fsp3) is 0.105. The van der Waals surface area contributed by atoms with Crippen molar-refractivity contribution in [1.82, 2.24) is 9.97 Å². The van der Waals surface area contributed by atoms with E-state index in [0.29, 0.717) is 17.0 Å². The highest BCUT2D eigenvalue weighted by molar-refractivity contribution is 6.30. The largest absolute Gasteiger partial charge is 0.363 e. The SMILES string of the molecule is Fc1ccccc1CNc1nc(O/N=C/Cc2ccc(Cl)cc2)ncc1F. The van der Waals surface area contributed by atoms with Crippen LogP contribution in [0.5, 0.6) is 6.01 Å². The van der Waals surface area contributed by atoms with Crippen LogP contribution in [0.25, 0.3) is 0 Å². The third-order valence-electron chi connectivity index (χ3n) is 3.58.